The van der Waals surface area contributed by atoms with Crippen LogP contribution in [0.3, 0.4) is 0 Å². The van der Waals surface area contributed by atoms with Crippen LogP contribution in [0.25, 0.3) is 26.4 Å². The molecule has 20 heavy (non-hydrogen) atoms. The Morgan fingerprint density at radius 2 is 1.70 bits per heavy atom. The van der Waals surface area contributed by atoms with E-state index in [1.165, 1.54) is 0 Å². The number of sulfonamides is 1. The number of benzene rings is 2. The van der Waals surface area contributed by atoms with E-state index in [9.17, 15) is 8.42 Å². The van der Waals surface area contributed by atoms with E-state index in [2.05, 4.69) is 9.71 Å². The normalized spacial score (nSPS) is 11.2. The van der Waals surface area contributed by atoms with Crippen LogP contribution in [-0.2, 0) is 29.5 Å². The van der Waals surface area contributed by atoms with Crippen molar-refractivity contribution in [3.63, 3.8) is 0 Å². The first-order valence-electron chi connectivity index (χ1n) is 5.74. The molecule has 0 N–H and O–H groups in total. The Morgan fingerprint density at radius 1 is 1.00 bits per heavy atom. The van der Waals surface area contributed by atoms with Crippen molar-refractivity contribution >= 4 is 37.4 Å². The molecule has 1 heterocycles. The van der Waals surface area contributed by atoms with Crippen LogP contribution >= 0.6 is 0 Å². The van der Waals surface area contributed by atoms with Gasteiger partial charge in [0.15, 0.2) is 0 Å². The van der Waals surface area contributed by atoms with Gasteiger partial charge >= 0.3 is 0 Å². The van der Waals surface area contributed by atoms with Gasteiger partial charge in [-0.2, -0.15) is 0 Å². The van der Waals surface area contributed by atoms with E-state index in [4.69, 9.17) is 0 Å². The van der Waals surface area contributed by atoms with Crippen molar-refractivity contribution in [1.82, 2.24) is 4.98 Å². The quantitative estimate of drug-likeness (QED) is 0.532. The predicted molar refractivity (Wildman–Crippen MR) is 77.1 cm³/mol. The van der Waals surface area contributed by atoms with Gasteiger partial charge in [-0.1, -0.05) is 42.5 Å². The molecule has 0 radical (unpaired) electrons. The van der Waals surface area contributed by atoms with E-state index in [1.807, 2.05) is 30.3 Å². The Hall–Kier alpha value is -1.52. The molecular formula is C14H11N2O2SZn-. The van der Waals surface area contributed by atoms with Crippen LogP contribution in [0.2, 0.25) is 0 Å². The molecule has 1 aromatic heterocycles. The van der Waals surface area contributed by atoms with Gasteiger partial charge in [0.05, 0.1) is 15.5 Å². The third-order valence-corrected chi connectivity index (χ3v) is 3.39. The smallest absolute Gasteiger partial charge is 0.0909 e. The molecule has 3 aromatic rings. The van der Waals surface area contributed by atoms with Gasteiger partial charge < -0.3 is 4.72 Å². The van der Waals surface area contributed by atoms with E-state index in [1.54, 1.807) is 18.3 Å². The second-order valence-corrected chi connectivity index (χ2v) is 5.99. The summed E-state index contributed by atoms with van der Waals surface area (Å²) in [5.41, 5.74) is 0.984. The molecule has 0 spiro atoms. The number of nitrogens with zero attached hydrogens (tertiary/aromatic N) is 2. The summed E-state index contributed by atoms with van der Waals surface area (Å²) in [5.74, 6) is 0. The maximum atomic E-state index is 11.3. The molecule has 0 aliphatic carbocycles. The number of rotatable bonds is 2. The van der Waals surface area contributed by atoms with Crippen LogP contribution in [0, 0.1) is 0 Å². The summed E-state index contributed by atoms with van der Waals surface area (Å²) in [6.45, 7) is 0. The molecule has 0 atom stereocenters. The Morgan fingerprint density at radius 3 is 2.45 bits per heavy atom. The third-order valence-electron chi connectivity index (χ3n) is 2.86. The summed E-state index contributed by atoms with van der Waals surface area (Å²) < 4.78 is 26.4. The van der Waals surface area contributed by atoms with Gasteiger partial charge in [0.25, 0.3) is 0 Å². The third kappa shape index (κ3) is 2.81. The van der Waals surface area contributed by atoms with Gasteiger partial charge in [-0.3, -0.25) is 4.98 Å². The maximum Gasteiger partial charge on any atom is 0.0909 e. The number of fused-ring (bicyclic) bond motifs is 3. The fourth-order valence-corrected chi connectivity index (χ4v) is 2.63. The minimum absolute atomic E-state index is 0. The molecule has 0 amide bonds. The van der Waals surface area contributed by atoms with E-state index in [0.717, 1.165) is 22.4 Å². The van der Waals surface area contributed by atoms with Gasteiger partial charge in [-0.05, 0) is 5.39 Å². The van der Waals surface area contributed by atoms with E-state index >= 15 is 0 Å². The summed E-state index contributed by atoms with van der Waals surface area (Å²) in [6.07, 6.45) is 2.81. The van der Waals surface area contributed by atoms with E-state index in [0.29, 0.717) is 11.2 Å². The average molecular weight is 337 g/mol. The van der Waals surface area contributed by atoms with E-state index < -0.39 is 10.0 Å². The van der Waals surface area contributed by atoms with Gasteiger partial charge in [0.1, 0.15) is 0 Å². The number of hydrogen-bond donors (Lipinski definition) is 0. The number of aromatic nitrogens is 1. The SMILES string of the molecule is CS(=O)(=O)[N-]c1cccc2c1ncc1ccccc12.[Zn]. The van der Waals surface area contributed by atoms with Crippen LogP contribution in [-0.4, -0.2) is 19.7 Å². The zero-order chi connectivity index (χ0) is 13.5. The first kappa shape index (κ1) is 14.9. The van der Waals surface area contributed by atoms with Crippen molar-refractivity contribution in [3.05, 3.63) is 53.4 Å². The molecule has 0 saturated heterocycles. The minimum Gasteiger partial charge on any atom is -0.575 e. The Bertz CT molecular complexity index is 879. The zero-order valence-electron chi connectivity index (χ0n) is 10.9. The topological polar surface area (TPSA) is 61.1 Å². The van der Waals surface area contributed by atoms with Gasteiger partial charge in [-0.25, -0.2) is 8.42 Å². The van der Waals surface area contributed by atoms with Crippen LogP contribution in [0.1, 0.15) is 0 Å². The molecule has 0 aliphatic rings. The Labute approximate surface area is 130 Å². The summed E-state index contributed by atoms with van der Waals surface area (Å²) in [6, 6.07) is 13.2. The molecule has 4 nitrogen and oxygen atoms in total. The average Bonchev–Trinajstić information content (AvgIpc) is 2.37. The molecule has 6 heteroatoms. The fourth-order valence-electron chi connectivity index (χ4n) is 2.13. The molecule has 3 rings (SSSR count). The van der Waals surface area contributed by atoms with Crippen molar-refractivity contribution in [2.45, 2.75) is 0 Å². The number of pyridine rings is 1. The fraction of sp³-hybridized carbons (Fsp3) is 0.0714. The molecule has 98 valence electrons. The second kappa shape index (κ2) is 5.46. The summed E-state index contributed by atoms with van der Waals surface area (Å²) in [4.78, 5) is 4.34. The Kier molecular flexibility index (Phi) is 4.07. The molecule has 0 unspecified atom stereocenters. The monoisotopic (exact) mass is 335 g/mol. The molecular weight excluding hydrogens is 326 g/mol. The summed E-state index contributed by atoms with van der Waals surface area (Å²) in [7, 11) is -3.44. The van der Waals surface area contributed by atoms with Crippen LogP contribution < -0.4 is 0 Å². The Balaban J connectivity index is 0.00000147. The molecule has 2 aromatic carbocycles. The van der Waals surface area contributed by atoms with E-state index in [-0.39, 0.29) is 19.5 Å². The number of hydrogen-bond acceptors (Lipinski definition) is 3. The van der Waals surface area contributed by atoms with Crippen molar-refractivity contribution in [1.29, 1.82) is 0 Å². The van der Waals surface area contributed by atoms with Crippen LogP contribution in [0.15, 0.2) is 48.7 Å². The molecule has 0 fully saturated rings. The summed E-state index contributed by atoms with van der Waals surface area (Å²) >= 11 is 0. The van der Waals surface area contributed by atoms with Crippen molar-refractivity contribution in [3.8, 4) is 0 Å². The number of para-hydroxylation sites is 1. The van der Waals surface area contributed by atoms with Crippen LogP contribution in [0.5, 0.6) is 0 Å². The largest absolute Gasteiger partial charge is 0.575 e. The summed E-state index contributed by atoms with van der Waals surface area (Å²) in [5, 5.41) is 2.97. The molecule has 0 bridgehead atoms. The standard InChI is InChI=1S/C14H11N2O2S.Zn/c1-19(17,18)16-13-8-4-7-12-11-6-3-2-5-10(11)9-15-14(12)13;/h2-9H,1H3;/q-1;. The van der Waals surface area contributed by atoms with Gasteiger partial charge in [0.2, 0.25) is 0 Å². The zero-order valence-corrected chi connectivity index (χ0v) is 14.7. The molecule has 0 saturated carbocycles. The first-order chi connectivity index (χ1) is 9.04. The first-order valence-corrected chi connectivity index (χ1v) is 7.59. The second-order valence-electron chi connectivity index (χ2n) is 4.34. The van der Waals surface area contributed by atoms with Crippen LogP contribution in [0.4, 0.5) is 5.69 Å². The minimum atomic E-state index is -3.44. The van der Waals surface area contributed by atoms with Gasteiger partial charge in [0, 0.05) is 42.7 Å². The van der Waals surface area contributed by atoms with Crippen molar-refractivity contribution in [2.75, 3.05) is 6.26 Å². The predicted octanol–water partition coefficient (Wildman–Crippen LogP) is 3.35. The van der Waals surface area contributed by atoms with Crippen molar-refractivity contribution < 1.29 is 27.9 Å². The molecule has 0 aliphatic heterocycles. The maximum absolute atomic E-state index is 11.3. The van der Waals surface area contributed by atoms with Crippen molar-refractivity contribution in [2.24, 2.45) is 0 Å². The van der Waals surface area contributed by atoms with Gasteiger partial charge in [-0.15, -0.1) is 5.69 Å².